The average molecular weight is 234 g/mol. The van der Waals surface area contributed by atoms with E-state index in [2.05, 4.69) is 5.32 Å². The van der Waals surface area contributed by atoms with Crippen LogP contribution >= 0.6 is 0 Å². The van der Waals surface area contributed by atoms with E-state index in [4.69, 9.17) is 9.88 Å². The predicted octanol–water partition coefficient (Wildman–Crippen LogP) is -0.568. The fourth-order valence-corrected chi connectivity index (χ4v) is 3.20. The van der Waals surface area contributed by atoms with Crippen molar-refractivity contribution >= 4 is 10.0 Å². The maximum atomic E-state index is 11.1. The molecule has 0 bridgehead atoms. The number of nitrogens with one attached hydrogen (secondary N) is 1. The van der Waals surface area contributed by atoms with Crippen LogP contribution in [0.4, 0.5) is 0 Å². The van der Waals surface area contributed by atoms with Gasteiger partial charge in [-0.3, -0.25) is 0 Å². The molecule has 0 aromatic rings. The Morgan fingerprint density at radius 1 is 1.27 bits per heavy atom. The minimum absolute atomic E-state index is 0.406. The standard InChI is InChI=1S/C9H18N2O3S/c10-15(12,13)8-1-2-9(11-5-8)7-3-4-14-6-7/h7-9,11H,1-6H2,(H2,10,12,13). The molecule has 0 radical (unpaired) electrons. The minimum Gasteiger partial charge on any atom is -0.381 e. The highest BCUT2D eigenvalue weighted by atomic mass is 32.2. The molecule has 88 valence electrons. The van der Waals surface area contributed by atoms with Crippen molar-refractivity contribution < 1.29 is 13.2 Å². The number of rotatable bonds is 2. The summed E-state index contributed by atoms with van der Waals surface area (Å²) in [5, 5.41) is 7.99. The summed E-state index contributed by atoms with van der Waals surface area (Å²) in [4.78, 5) is 0. The van der Waals surface area contributed by atoms with Crippen LogP contribution in [-0.4, -0.2) is 39.5 Å². The zero-order valence-electron chi connectivity index (χ0n) is 8.69. The Balaban J connectivity index is 1.86. The van der Waals surface area contributed by atoms with Gasteiger partial charge in [0.25, 0.3) is 0 Å². The Morgan fingerprint density at radius 3 is 2.53 bits per heavy atom. The molecule has 3 atom stereocenters. The highest BCUT2D eigenvalue weighted by molar-refractivity contribution is 7.89. The number of ether oxygens (including phenoxy) is 1. The second kappa shape index (κ2) is 4.37. The Kier molecular flexibility index (Phi) is 3.30. The molecule has 2 aliphatic heterocycles. The molecule has 0 aromatic heterocycles. The molecule has 0 saturated carbocycles. The number of hydrogen-bond donors (Lipinski definition) is 2. The van der Waals surface area contributed by atoms with Gasteiger partial charge in [-0.05, 0) is 25.2 Å². The first-order valence-electron chi connectivity index (χ1n) is 5.40. The molecule has 2 heterocycles. The molecular weight excluding hydrogens is 216 g/mol. The van der Waals surface area contributed by atoms with E-state index in [1.165, 1.54) is 0 Å². The van der Waals surface area contributed by atoms with E-state index >= 15 is 0 Å². The van der Waals surface area contributed by atoms with Gasteiger partial charge in [0.05, 0.1) is 11.9 Å². The van der Waals surface area contributed by atoms with Crippen molar-refractivity contribution in [3.05, 3.63) is 0 Å². The first-order chi connectivity index (χ1) is 7.07. The van der Waals surface area contributed by atoms with Crippen molar-refractivity contribution in [2.75, 3.05) is 19.8 Å². The van der Waals surface area contributed by atoms with Gasteiger partial charge in [-0.15, -0.1) is 0 Å². The Labute approximate surface area is 90.4 Å². The van der Waals surface area contributed by atoms with Crippen LogP contribution in [0.2, 0.25) is 0 Å². The molecule has 0 spiro atoms. The van der Waals surface area contributed by atoms with Gasteiger partial charge in [-0.25, -0.2) is 13.6 Å². The van der Waals surface area contributed by atoms with Gasteiger partial charge < -0.3 is 10.1 Å². The quantitative estimate of drug-likeness (QED) is 0.670. The smallest absolute Gasteiger partial charge is 0.213 e. The van der Waals surface area contributed by atoms with Crippen LogP contribution in [0, 0.1) is 5.92 Å². The van der Waals surface area contributed by atoms with Crippen molar-refractivity contribution in [2.24, 2.45) is 11.1 Å². The van der Waals surface area contributed by atoms with Crippen molar-refractivity contribution in [1.82, 2.24) is 5.32 Å². The van der Waals surface area contributed by atoms with Crippen LogP contribution in [0.25, 0.3) is 0 Å². The Hall–Kier alpha value is -0.170. The van der Waals surface area contributed by atoms with Crippen molar-refractivity contribution in [1.29, 1.82) is 0 Å². The van der Waals surface area contributed by atoms with E-state index in [9.17, 15) is 8.42 Å². The summed E-state index contributed by atoms with van der Waals surface area (Å²) in [6.07, 6.45) is 2.64. The lowest BCUT2D eigenvalue weighted by atomic mass is 9.91. The molecule has 2 saturated heterocycles. The van der Waals surface area contributed by atoms with Gasteiger partial charge in [0.2, 0.25) is 10.0 Å². The summed E-state index contributed by atoms with van der Waals surface area (Å²) in [7, 11) is -3.37. The third-order valence-electron chi connectivity index (χ3n) is 3.41. The molecule has 2 aliphatic rings. The van der Waals surface area contributed by atoms with E-state index in [1.54, 1.807) is 0 Å². The highest BCUT2D eigenvalue weighted by Crippen LogP contribution is 2.24. The van der Waals surface area contributed by atoms with Gasteiger partial charge in [0.1, 0.15) is 0 Å². The average Bonchev–Trinajstić information content (AvgIpc) is 2.69. The number of nitrogens with two attached hydrogens (primary N) is 1. The van der Waals surface area contributed by atoms with Gasteiger partial charge >= 0.3 is 0 Å². The number of piperidine rings is 1. The van der Waals surface area contributed by atoms with E-state index in [-0.39, 0.29) is 0 Å². The predicted molar refractivity (Wildman–Crippen MR) is 56.8 cm³/mol. The summed E-state index contributed by atoms with van der Waals surface area (Å²) in [5.41, 5.74) is 0. The van der Waals surface area contributed by atoms with Crippen LogP contribution in [0.15, 0.2) is 0 Å². The fraction of sp³-hybridized carbons (Fsp3) is 1.00. The van der Waals surface area contributed by atoms with Crippen LogP contribution in [-0.2, 0) is 14.8 Å². The molecule has 3 unspecified atom stereocenters. The van der Waals surface area contributed by atoms with E-state index in [0.717, 1.165) is 26.1 Å². The zero-order valence-corrected chi connectivity index (χ0v) is 9.50. The van der Waals surface area contributed by atoms with E-state index in [1.807, 2.05) is 0 Å². The second-order valence-electron chi connectivity index (χ2n) is 4.43. The molecule has 0 amide bonds. The van der Waals surface area contributed by atoms with Gasteiger partial charge in [0, 0.05) is 19.2 Å². The summed E-state index contributed by atoms with van der Waals surface area (Å²) in [6.45, 7) is 2.12. The van der Waals surface area contributed by atoms with Crippen molar-refractivity contribution in [3.63, 3.8) is 0 Å². The fourth-order valence-electron chi connectivity index (χ4n) is 2.41. The maximum Gasteiger partial charge on any atom is 0.213 e. The van der Waals surface area contributed by atoms with Gasteiger partial charge in [0.15, 0.2) is 0 Å². The minimum atomic E-state index is -3.37. The lowest BCUT2D eigenvalue weighted by Gasteiger charge is -2.31. The Bertz CT molecular complexity index is 303. The molecule has 6 heteroatoms. The lowest BCUT2D eigenvalue weighted by Crippen LogP contribution is -2.49. The van der Waals surface area contributed by atoms with Crippen molar-refractivity contribution in [3.8, 4) is 0 Å². The molecule has 0 aliphatic carbocycles. The SMILES string of the molecule is NS(=O)(=O)C1CCC(C2CCOC2)NC1. The third kappa shape index (κ3) is 2.69. The normalized spacial score (nSPS) is 38.1. The van der Waals surface area contributed by atoms with Crippen molar-refractivity contribution in [2.45, 2.75) is 30.6 Å². The van der Waals surface area contributed by atoms with Crippen LogP contribution in [0.5, 0.6) is 0 Å². The molecule has 2 rings (SSSR count). The van der Waals surface area contributed by atoms with E-state index in [0.29, 0.717) is 24.9 Å². The Morgan fingerprint density at radius 2 is 2.07 bits per heavy atom. The molecular formula is C9H18N2O3S. The third-order valence-corrected chi connectivity index (χ3v) is 4.74. The molecule has 3 N–H and O–H groups in total. The second-order valence-corrected chi connectivity index (χ2v) is 6.27. The summed E-state index contributed by atoms with van der Waals surface area (Å²) in [5.74, 6) is 0.548. The first kappa shape index (κ1) is 11.3. The summed E-state index contributed by atoms with van der Waals surface area (Å²) < 4.78 is 27.6. The van der Waals surface area contributed by atoms with Crippen LogP contribution < -0.4 is 10.5 Å². The maximum absolute atomic E-state index is 11.1. The molecule has 15 heavy (non-hydrogen) atoms. The molecule has 0 aromatic carbocycles. The molecule has 2 fully saturated rings. The van der Waals surface area contributed by atoms with Crippen LogP contribution in [0.3, 0.4) is 0 Å². The van der Waals surface area contributed by atoms with Gasteiger partial charge in [-0.2, -0.15) is 0 Å². The van der Waals surface area contributed by atoms with Gasteiger partial charge in [-0.1, -0.05) is 0 Å². The topological polar surface area (TPSA) is 81.4 Å². The zero-order chi connectivity index (χ0) is 10.9. The summed E-state index contributed by atoms with van der Waals surface area (Å²) in [6, 6.07) is 0.408. The largest absolute Gasteiger partial charge is 0.381 e. The number of sulfonamides is 1. The summed E-state index contributed by atoms with van der Waals surface area (Å²) >= 11 is 0. The lowest BCUT2D eigenvalue weighted by molar-refractivity contribution is 0.171. The van der Waals surface area contributed by atoms with E-state index < -0.39 is 15.3 Å². The van der Waals surface area contributed by atoms with Crippen LogP contribution in [0.1, 0.15) is 19.3 Å². The molecule has 5 nitrogen and oxygen atoms in total. The first-order valence-corrected chi connectivity index (χ1v) is 7.01. The number of primary sulfonamides is 1. The number of hydrogen-bond acceptors (Lipinski definition) is 4. The monoisotopic (exact) mass is 234 g/mol. The highest BCUT2D eigenvalue weighted by Gasteiger charge is 2.33.